The molecule has 0 aromatic heterocycles. The fourth-order valence-corrected chi connectivity index (χ4v) is 12.1. The third-order valence-corrected chi connectivity index (χ3v) is 15.6. The lowest BCUT2D eigenvalue weighted by Crippen LogP contribution is -2.49. The van der Waals surface area contributed by atoms with Crippen molar-refractivity contribution in [2.24, 2.45) is 46.3 Å². The summed E-state index contributed by atoms with van der Waals surface area (Å²) in [7, 11) is -3.61. The predicted molar refractivity (Wildman–Crippen MR) is 167 cm³/mol. The zero-order valence-electron chi connectivity index (χ0n) is 26.5. The van der Waals surface area contributed by atoms with Crippen LogP contribution < -0.4 is 0 Å². The fraction of sp³-hybridized carbons (Fsp3) is 0.778. The molecule has 0 heterocycles. The molecule has 4 aliphatic carbocycles. The van der Waals surface area contributed by atoms with Crippen molar-refractivity contribution in [1.29, 1.82) is 0 Å². The summed E-state index contributed by atoms with van der Waals surface area (Å²) in [5, 5.41) is 21.8. The average Bonchev–Trinajstić information content (AvgIpc) is 3.32. The maximum absolute atomic E-state index is 14.3. The predicted octanol–water partition coefficient (Wildman–Crippen LogP) is 7.98. The maximum Gasteiger partial charge on any atom is 0.181 e. The molecule has 4 aliphatic rings. The van der Waals surface area contributed by atoms with E-state index < -0.39 is 26.8 Å². The molecule has 1 aromatic carbocycles. The van der Waals surface area contributed by atoms with Crippen molar-refractivity contribution in [1.82, 2.24) is 0 Å². The standard InChI is InChI=1S/C36H56O4S/c1-7-34(4,5)33(37)22-32(41(39,40)26-12-10-9-11-13-26)24(3)30-16-17-31-29-15-14-25-23-36(38,8-2)21-19-27(25)28(29)18-20-35(30,31)6/h9-14,24,27-33,37-38H,7-8,15-23H2,1-6H3/t24-,27-,28+,29+,30+,31-,32?,33-,35+,36-/m0/s1. The minimum absolute atomic E-state index is 0.0296. The molecule has 10 atom stereocenters. The van der Waals surface area contributed by atoms with Crippen molar-refractivity contribution in [3.8, 4) is 0 Å². The monoisotopic (exact) mass is 584 g/mol. The second-order valence-corrected chi connectivity index (χ2v) is 17.6. The summed E-state index contributed by atoms with van der Waals surface area (Å²) in [6, 6.07) is 8.95. The van der Waals surface area contributed by atoms with Crippen molar-refractivity contribution < 1.29 is 18.6 Å². The maximum atomic E-state index is 14.3. The van der Waals surface area contributed by atoms with Crippen LogP contribution in [-0.4, -0.2) is 35.6 Å². The first-order chi connectivity index (χ1) is 19.3. The van der Waals surface area contributed by atoms with Crippen LogP contribution in [0.15, 0.2) is 46.9 Å². The molecule has 0 radical (unpaired) electrons. The van der Waals surface area contributed by atoms with E-state index in [9.17, 15) is 18.6 Å². The number of aliphatic hydroxyl groups excluding tert-OH is 1. The van der Waals surface area contributed by atoms with Crippen LogP contribution in [0.1, 0.15) is 112 Å². The van der Waals surface area contributed by atoms with Gasteiger partial charge in [-0.2, -0.15) is 0 Å². The molecule has 0 aliphatic heterocycles. The van der Waals surface area contributed by atoms with E-state index in [1.807, 2.05) is 18.2 Å². The van der Waals surface area contributed by atoms with Crippen LogP contribution in [0.5, 0.6) is 0 Å². The highest BCUT2D eigenvalue weighted by molar-refractivity contribution is 7.92. The summed E-state index contributed by atoms with van der Waals surface area (Å²) in [5.41, 5.74) is 0.804. The Morgan fingerprint density at radius 2 is 1.73 bits per heavy atom. The number of fused-ring (bicyclic) bond motifs is 5. The zero-order chi connectivity index (χ0) is 29.8. The molecule has 0 saturated heterocycles. The first-order valence-corrected chi connectivity index (χ1v) is 18.2. The molecular weight excluding hydrogens is 528 g/mol. The van der Waals surface area contributed by atoms with Gasteiger partial charge in [0.25, 0.3) is 0 Å². The number of sulfone groups is 1. The zero-order valence-corrected chi connectivity index (χ0v) is 27.3. The average molecular weight is 585 g/mol. The van der Waals surface area contributed by atoms with Crippen LogP contribution >= 0.6 is 0 Å². The lowest BCUT2D eigenvalue weighted by Gasteiger charge is -2.55. The lowest BCUT2D eigenvalue weighted by molar-refractivity contribution is -0.0470. The summed E-state index contributed by atoms with van der Waals surface area (Å²) in [4.78, 5) is 0.385. The quantitative estimate of drug-likeness (QED) is 0.289. The van der Waals surface area contributed by atoms with Gasteiger partial charge in [-0.05, 0) is 129 Å². The summed E-state index contributed by atoms with van der Waals surface area (Å²) >= 11 is 0. The van der Waals surface area contributed by atoms with E-state index >= 15 is 0 Å². The van der Waals surface area contributed by atoms with Crippen LogP contribution in [0, 0.1) is 46.3 Å². The van der Waals surface area contributed by atoms with Gasteiger partial charge in [0.1, 0.15) is 0 Å². The molecule has 5 rings (SSSR count). The highest BCUT2D eigenvalue weighted by Gasteiger charge is 2.58. The molecule has 4 nitrogen and oxygen atoms in total. The van der Waals surface area contributed by atoms with Gasteiger partial charge in [0.2, 0.25) is 0 Å². The summed E-state index contributed by atoms with van der Waals surface area (Å²) in [5.74, 6) is 2.92. The van der Waals surface area contributed by atoms with Gasteiger partial charge in [-0.3, -0.25) is 0 Å². The van der Waals surface area contributed by atoms with E-state index in [0.29, 0.717) is 34.5 Å². The van der Waals surface area contributed by atoms with Crippen LogP contribution in [0.3, 0.4) is 0 Å². The van der Waals surface area contributed by atoms with Crippen molar-refractivity contribution >= 4 is 9.84 Å². The van der Waals surface area contributed by atoms with Gasteiger partial charge in [-0.15, -0.1) is 0 Å². The minimum atomic E-state index is -3.61. The van der Waals surface area contributed by atoms with Gasteiger partial charge in [0.15, 0.2) is 9.84 Å². The summed E-state index contributed by atoms with van der Waals surface area (Å²) < 4.78 is 28.5. The molecule has 1 aromatic rings. The Morgan fingerprint density at radius 1 is 1.02 bits per heavy atom. The van der Waals surface area contributed by atoms with E-state index in [1.165, 1.54) is 18.4 Å². The molecule has 0 spiro atoms. The highest BCUT2D eigenvalue weighted by Crippen LogP contribution is 2.65. The van der Waals surface area contributed by atoms with Crippen molar-refractivity contribution in [2.75, 3.05) is 0 Å². The Hall–Kier alpha value is -1.17. The minimum Gasteiger partial charge on any atom is -0.393 e. The first kappa shape index (κ1) is 31.3. The molecule has 230 valence electrons. The number of aliphatic hydroxyl groups is 2. The Labute approximate surface area is 250 Å². The van der Waals surface area contributed by atoms with Gasteiger partial charge in [-0.25, -0.2) is 8.42 Å². The smallest absolute Gasteiger partial charge is 0.181 e. The molecule has 41 heavy (non-hydrogen) atoms. The van der Waals surface area contributed by atoms with Crippen molar-refractivity contribution in [3.63, 3.8) is 0 Å². The molecule has 3 saturated carbocycles. The van der Waals surface area contributed by atoms with Crippen molar-refractivity contribution in [2.45, 2.75) is 134 Å². The van der Waals surface area contributed by atoms with E-state index in [2.05, 4.69) is 47.6 Å². The third kappa shape index (κ3) is 5.50. The molecule has 0 bridgehead atoms. The number of hydrogen-bond acceptors (Lipinski definition) is 4. The van der Waals surface area contributed by atoms with E-state index in [-0.39, 0.29) is 23.2 Å². The highest BCUT2D eigenvalue weighted by atomic mass is 32.2. The van der Waals surface area contributed by atoms with E-state index in [4.69, 9.17) is 0 Å². The fourth-order valence-electron chi connectivity index (χ4n) is 10.0. The van der Waals surface area contributed by atoms with Gasteiger partial charge in [0, 0.05) is 0 Å². The van der Waals surface area contributed by atoms with Gasteiger partial charge in [0.05, 0.1) is 21.9 Å². The van der Waals surface area contributed by atoms with E-state index in [0.717, 1.165) is 51.4 Å². The largest absolute Gasteiger partial charge is 0.393 e. The van der Waals surface area contributed by atoms with Crippen LogP contribution in [0.25, 0.3) is 0 Å². The Balaban J connectivity index is 1.42. The second-order valence-electron chi connectivity index (χ2n) is 15.4. The molecule has 3 fully saturated rings. The van der Waals surface area contributed by atoms with Crippen LogP contribution in [-0.2, 0) is 9.84 Å². The Morgan fingerprint density at radius 3 is 2.39 bits per heavy atom. The van der Waals surface area contributed by atoms with Gasteiger partial charge < -0.3 is 10.2 Å². The third-order valence-electron chi connectivity index (χ3n) is 13.3. The lowest BCUT2D eigenvalue weighted by atomic mass is 9.50. The summed E-state index contributed by atoms with van der Waals surface area (Å²) in [6.07, 6.45) is 12.4. The Kier molecular flexibility index (Phi) is 8.69. The van der Waals surface area contributed by atoms with Gasteiger partial charge in [-0.1, -0.05) is 71.4 Å². The van der Waals surface area contributed by atoms with Crippen LogP contribution in [0.2, 0.25) is 0 Å². The first-order valence-electron chi connectivity index (χ1n) is 16.7. The normalized spacial score (nSPS) is 37.8. The topological polar surface area (TPSA) is 74.6 Å². The number of hydrogen-bond donors (Lipinski definition) is 2. The molecule has 5 heteroatoms. The molecular formula is C36H56O4S. The second kappa shape index (κ2) is 11.4. The van der Waals surface area contributed by atoms with Crippen molar-refractivity contribution in [3.05, 3.63) is 42.0 Å². The molecule has 0 amide bonds. The summed E-state index contributed by atoms with van der Waals surface area (Å²) in [6.45, 7) is 13.0. The van der Waals surface area contributed by atoms with Gasteiger partial charge >= 0.3 is 0 Å². The molecule has 1 unspecified atom stereocenters. The van der Waals surface area contributed by atoms with Crippen LogP contribution in [0.4, 0.5) is 0 Å². The number of benzene rings is 1. The number of allylic oxidation sites excluding steroid dienone is 1. The molecule has 2 N–H and O–H groups in total. The Bertz CT molecular complexity index is 1210. The SMILES string of the molecule is CCC(C)(C)[C@@H](O)CC([C@@H](C)[C@H]1CC[C@H]2[C@@H]3CC=C4C[C@](O)(CC)CC[C@@H]4[C@H]3CC[C@]12C)S(=O)(=O)c1ccccc1. The van der Waals surface area contributed by atoms with E-state index in [1.54, 1.807) is 12.1 Å². The number of rotatable bonds is 9.